The third-order valence-electron chi connectivity index (χ3n) is 5.59. The van der Waals surface area contributed by atoms with Crippen LogP contribution in [0.4, 0.5) is 18.9 Å². The number of amides is 1. The van der Waals surface area contributed by atoms with Crippen LogP contribution in [0.1, 0.15) is 40.2 Å². The van der Waals surface area contributed by atoms with Crippen molar-refractivity contribution in [2.75, 3.05) is 32.1 Å². The number of hydrogen-bond acceptors (Lipinski definition) is 5. The number of esters is 1. The molecule has 1 aliphatic heterocycles. The van der Waals surface area contributed by atoms with Gasteiger partial charge in [0.25, 0.3) is 5.91 Å². The van der Waals surface area contributed by atoms with E-state index in [2.05, 4.69) is 10.8 Å². The molecule has 6 nitrogen and oxygen atoms in total. The van der Waals surface area contributed by atoms with E-state index >= 15 is 0 Å². The van der Waals surface area contributed by atoms with Crippen LogP contribution in [-0.2, 0) is 11.3 Å². The fourth-order valence-electron chi connectivity index (χ4n) is 3.77. The molecule has 172 valence electrons. The average Bonchev–Trinajstić information content (AvgIpc) is 2.78. The number of piperidine rings is 1. The predicted octanol–water partition coefficient (Wildman–Crippen LogP) is 3.70. The molecule has 32 heavy (non-hydrogen) atoms. The summed E-state index contributed by atoms with van der Waals surface area (Å²) in [7, 11) is 3.38. The normalized spacial score (nSPS) is 14.9. The molecule has 2 aromatic carbocycles. The Kier molecular flexibility index (Phi) is 7.08. The summed E-state index contributed by atoms with van der Waals surface area (Å²) in [6.07, 6.45) is -3.73. The molecule has 0 radical (unpaired) electrons. The van der Waals surface area contributed by atoms with E-state index in [1.54, 1.807) is 30.0 Å². The van der Waals surface area contributed by atoms with Gasteiger partial charge < -0.3 is 20.3 Å². The Morgan fingerprint density at radius 1 is 1.12 bits per heavy atom. The Bertz CT molecular complexity index is 984. The maximum atomic E-state index is 13.1. The molecule has 0 aromatic heterocycles. The number of nitrogens with two attached hydrogens (primary N) is 1. The molecule has 2 aromatic rings. The fourth-order valence-corrected chi connectivity index (χ4v) is 3.77. The first-order valence-electron chi connectivity index (χ1n) is 10.3. The first-order chi connectivity index (χ1) is 15.1. The molecule has 1 amide bonds. The zero-order valence-electron chi connectivity index (χ0n) is 18.0. The number of rotatable bonds is 5. The number of anilines is 1. The smallest absolute Gasteiger partial charge is 0.419 e. The van der Waals surface area contributed by atoms with Crippen molar-refractivity contribution >= 4 is 17.6 Å². The molecule has 1 heterocycles. The third kappa shape index (κ3) is 5.40. The van der Waals surface area contributed by atoms with Crippen molar-refractivity contribution in [3.63, 3.8) is 0 Å². The highest BCUT2D eigenvalue weighted by Crippen LogP contribution is 2.32. The predicted molar refractivity (Wildman–Crippen MR) is 115 cm³/mol. The van der Waals surface area contributed by atoms with E-state index < -0.39 is 23.8 Å². The summed E-state index contributed by atoms with van der Waals surface area (Å²) in [5, 5.41) is 0. The van der Waals surface area contributed by atoms with Crippen molar-refractivity contribution in [3.05, 3.63) is 59.2 Å². The molecule has 0 saturated carbocycles. The highest BCUT2D eigenvalue weighted by Gasteiger charge is 2.42. The number of likely N-dealkylation sites (tertiary alicyclic amines) is 1. The first kappa shape index (κ1) is 23.6. The Balaban J connectivity index is 1.77. The quantitative estimate of drug-likeness (QED) is 0.557. The minimum Gasteiger partial charge on any atom is -0.419 e. The number of nitrogens with zero attached hydrogens (tertiary/aromatic N) is 2. The second-order valence-electron chi connectivity index (χ2n) is 7.98. The van der Waals surface area contributed by atoms with Crippen molar-refractivity contribution in [2.24, 2.45) is 5.73 Å². The van der Waals surface area contributed by atoms with E-state index in [1.165, 1.54) is 12.1 Å². The minimum atomic E-state index is -5.16. The van der Waals surface area contributed by atoms with Crippen LogP contribution < -0.4 is 15.4 Å². The van der Waals surface area contributed by atoms with Crippen molar-refractivity contribution in [1.82, 2.24) is 4.90 Å². The van der Waals surface area contributed by atoms with Gasteiger partial charge in [0, 0.05) is 45.5 Å². The number of halogens is 3. The van der Waals surface area contributed by atoms with Gasteiger partial charge in [0.15, 0.2) is 0 Å². The first-order valence-corrected chi connectivity index (χ1v) is 10.3. The highest BCUT2D eigenvalue weighted by molar-refractivity contribution is 5.98. The molecule has 1 aliphatic rings. The van der Waals surface area contributed by atoms with Gasteiger partial charge >= 0.3 is 12.1 Å². The molecule has 9 heteroatoms. The largest absolute Gasteiger partial charge is 0.491 e. The van der Waals surface area contributed by atoms with Crippen LogP contribution in [0.5, 0.6) is 5.75 Å². The van der Waals surface area contributed by atoms with Crippen molar-refractivity contribution in [1.29, 1.82) is 0 Å². The van der Waals surface area contributed by atoms with Crippen LogP contribution in [0, 0.1) is 0 Å². The molecule has 1 saturated heterocycles. The zero-order valence-corrected chi connectivity index (χ0v) is 18.0. The fraction of sp³-hybridized carbons (Fsp3) is 0.391. The van der Waals surface area contributed by atoms with Gasteiger partial charge in [-0.05, 0) is 42.0 Å². The highest BCUT2D eigenvalue weighted by atomic mass is 19.4. The number of alkyl halides is 3. The van der Waals surface area contributed by atoms with Crippen molar-refractivity contribution in [3.8, 4) is 5.75 Å². The summed E-state index contributed by atoms with van der Waals surface area (Å²) in [5.74, 6) is -2.96. The monoisotopic (exact) mass is 449 g/mol. The van der Waals surface area contributed by atoms with E-state index in [0.29, 0.717) is 38.2 Å². The number of ether oxygens (including phenoxy) is 1. The lowest BCUT2D eigenvalue weighted by molar-refractivity contribution is -0.189. The second-order valence-corrected chi connectivity index (χ2v) is 7.98. The van der Waals surface area contributed by atoms with Gasteiger partial charge in [-0.15, -0.1) is 0 Å². The molecule has 2 N–H and O–H groups in total. The Morgan fingerprint density at radius 2 is 1.81 bits per heavy atom. The van der Waals surface area contributed by atoms with E-state index in [-0.39, 0.29) is 11.5 Å². The Morgan fingerprint density at radius 3 is 2.41 bits per heavy atom. The van der Waals surface area contributed by atoms with Crippen LogP contribution in [0.25, 0.3) is 0 Å². The summed E-state index contributed by atoms with van der Waals surface area (Å²) in [6.45, 7) is 1.34. The lowest BCUT2D eigenvalue weighted by Crippen LogP contribution is -2.38. The summed E-state index contributed by atoms with van der Waals surface area (Å²) in [4.78, 5) is 27.7. The van der Waals surface area contributed by atoms with Gasteiger partial charge in [-0.25, -0.2) is 4.79 Å². The van der Waals surface area contributed by atoms with Gasteiger partial charge in [-0.1, -0.05) is 24.3 Å². The van der Waals surface area contributed by atoms with Crippen LogP contribution in [0.15, 0.2) is 42.5 Å². The van der Waals surface area contributed by atoms with Gasteiger partial charge in [-0.2, -0.15) is 13.2 Å². The van der Waals surface area contributed by atoms with Crippen LogP contribution in [-0.4, -0.2) is 50.1 Å². The lowest BCUT2D eigenvalue weighted by atomic mass is 9.88. The number of hydrogen-bond donors (Lipinski definition) is 1. The SMILES string of the molecule is CN(C)c1ccc(C(=O)N2CCC(c3cccc(CN)c3)CC2)c(OC(=O)C(F)(F)F)c1. The van der Waals surface area contributed by atoms with Crippen molar-refractivity contribution in [2.45, 2.75) is 31.5 Å². The Hall–Kier alpha value is -3.07. The topological polar surface area (TPSA) is 75.9 Å². The summed E-state index contributed by atoms with van der Waals surface area (Å²) >= 11 is 0. The number of carbonyl (C=O) groups excluding carboxylic acids is 2. The standard InChI is InChI=1S/C23H26F3N3O3/c1-28(2)18-6-7-19(20(13-18)32-22(31)23(24,25)26)21(30)29-10-8-16(9-11-29)17-5-3-4-15(12-17)14-27/h3-7,12-13,16H,8-11,14,27H2,1-2H3. The van der Waals surface area contributed by atoms with Crippen LogP contribution in [0.3, 0.4) is 0 Å². The summed E-state index contributed by atoms with van der Waals surface area (Å²) in [6, 6.07) is 12.3. The third-order valence-corrected chi connectivity index (χ3v) is 5.59. The molecule has 0 aliphatic carbocycles. The van der Waals surface area contributed by atoms with Gasteiger partial charge in [-0.3, -0.25) is 4.79 Å². The van der Waals surface area contributed by atoms with Gasteiger partial charge in [0.1, 0.15) is 5.75 Å². The van der Waals surface area contributed by atoms with Crippen LogP contribution >= 0.6 is 0 Å². The second kappa shape index (κ2) is 9.60. The molecular weight excluding hydrogens is 423 g/mol. The molecule has 0 spiro atoms. The Labute approximate surface area is 184 Å². The summed E-state index contributed by atoms with van der Waals surface area (Å²) < 4.78 is 42.8. The molecule has 1 fully saturated rings. The molecule has 0 unspecified atom stereocenters. The van der Waals surface area contributed by atoms with E-state index in [9.17, 15) is 22.8 Å². The lowest BCUT2D eigenvalue weighted by Gasteiger charge is -2.33. The van der Waals surface area contributed by atoms with E-state index in [1.807, 2.05) is 18.2 Å². The number of carbonyl (C=O) groups is 2. The minimum absolute atomic E-state index is 0.0724. The van der Waals surface area contributed by atoms with E-state index in [4.69, 9.17) is 5.73 Å². The van der Waals surface area contributed by atoms with Gasteiger partial charge in [0.2, 0.25) is 0 Å². The van der Waals surface area contributed by atoms with E-state index in [0.717, 1.165) is 11.1 Å². The summed E-state index contributed by atoms with van der Waals surface area (Å²) in [5.41, 5.74) is 8.35. The molecular formula is C23H26F3N3O3. The average molecular weight is 449 g/mol. The molecule has 3 rings (SSSR count). The maximum Gasteiger partial charge on any atom is 0.491 e. The van der Waals surface area contributed by atoms with Crippen molar-refractivity contribution < 1.29 is 27.5 Å². The zero-order chi connectivity index (χ0) is 23.5. The number of benzene rings is 2. The van der Waals surface area contributed by atoms with Crippen LogP contribution in [0.2, 0.25) is 0 Å². The molecule has 0 atom stereocenters. The van der Waals surface area contributed by atoms with Gasteiger partial charge in [0.05, 0.1) is 5.56 Å². The molecule has 0 bridgehead atoms. The maximum absolute atomic E-state index is 13.1.